The van der Waals surface area contributed by atoms with Gasteiger partial charge in [-0.2, -0.15) is 0 Å². The Balaban J connectivity index is 1.23. The van der Waals surface area contributed by atoms with Gasteiger partial charge in [-0.1, -0.05) is 24.3 Å². The van der Waals surface area contributed by atoms with Gasteiger partial charge in [-0.05, 0) is 67.1 Å². The molecule has 0 aromatic heterocycles. The highest BCUT2D eigenvalue weighted by atomic mass is 16.5. The van der Waals surface area contributed by atoms with E-state index in [9.17, 15) is 14.4 Å². The number of amides is 2. The molecule has 5 rings (SSSR count). The maximum atomic E-state index is 12.9. The van der Waals surface area contributed by atoms with Gasteiger partial charge >= 0.3 is 5.97 Å². The summed E-state index contributed by atoms with van der Waals surface area (Å²) >= 11 is 0. The van der Waals surface area contributed by atoms with Crippen LogP contribution in [0.2, 0.25) is 0 Å². The van der Waals surface area contributed by atoms with Crippen LogP contribution in [0.3, 0.4) is 0 Å². The van der Waals surface area contributed by atoms with Gasteiger partial charge in [-0.3, -0.25) is 14.5 Å². The first-order valence-corrected chi connectivity index (χ1v) is 10.6. The Morgan fingerprint density at radius 2 is 1.55 bits per heavy atom. The molecule has 2 amide bonds. The first-order chi connectivity index (χ1) is 15.1. The molecular weight excluding hydrogens is 394 g/mol. The second-order valence-corrected chi connectivity index (χ2v) is 8.21. The second kappa shape index (κ2) is 7.69. The van der Waals surface area contributed by atoms with Crippen molar-refractivity contribution in [1.29, 1.82) is 0 Å². The van der Waals surface area contributed by atoms with E-state index in [1.807, 2.05) is 12.1 Å². The van der Waals surface area contributed by atoms with Gasteiger partial charge in [0.25, 0.3) is 0 Å². The highest BCUT2D eigenvalue weighted by Gasteiger charge is 2.59. The number of imide groups is 1. The Morgan fingerprint density at radius 1 is 0.935 bits per heavy atom. The van der Waals surface area contributed by atoms with E-state index in [1.165, 1.54) is 4.90 Å². The van der Waals surface area contributed by atoms with Gasteiger partial charge in [0.1, 0.15) is 12.4 Å². The lowest BCUT2D eigenvalue weighted by molar-refractivity contribution is -0.123. The standard InChI is InChI=1S/C25H23NO5/c1-2-30-25(29)16-5-3-15(4-6-16)14-31-20-11-9-19(10-12-20)26-23(27)21-17-7-8-18(13-17)22(21)24(26)28/h3-12,17-18,21-22H,2,13-14H2,1H3/t17-,18-,21-,22+/m0/s1. The van der Waals surface area contributed by atoms with Crippen LogP contribution in [0, 0.1) is 23.7 Å². The van der Waals surface area contributed by atoms with E-state index in [2.05, 4.69) is 12.2 Å². The number of benzene rings is 2. The van der Waals surface area contributed by atoms with E-state index in [1.54, 1.807) is 43.3 Å². The van der Waals surface area contributed by atoms with Gasteiger partial charge < -0.3 is 9.47 Å². The van der Waals surface area contributed by atoms with Crippen molar-refractivity contribution in [3.05, 3.63) is 71.8 Å². The number of rotatable bonds is 6. The topological polar surface area (TPSA) is 72.9 Å². The fraction of sp³-hybridized carbons (Fsp3) is 0.320. The molecule has 0 radical (unpaired) electrons. The Morgan fingerprint density at radius 3 is 2.13 bits per heavy atom. The van der Waals surface area contributed by atoms with Crippen molar-refractivity contribution in [2.45, 2.75) is 20.0 Å². The highest BCUT2D eigenvalue weighted by molar-refractivity contribution is 6.22. The number of nitrogens with zero attached hydrogens (tertiary/aromatic N) is 1. The molecule has 4 atom stereocenters. The molecule has 2 aromatic carbocycles. The van der Waals surface area contributed by atoms with Gasteiger partial charge in [-0.25, -0.2) is 4.79 Å². The zero-order valence-corrected chi connectivity index (χ0v) is 17.2. The van der Waals surface area contributed by atoms with Crippen molar-refractivity contribution in [2.24, 2.45) is 23.7 Å². The van der Waals surface area contributed by atoms with Gasteiger partial charge in [0, 0.05) is 0 Å². The summed E-state index contributed by atoms with van der Waals surface area (Å²) < 4.78 is 10.8. The van der Waals surface area contributed by atoms with Crippen LogP contribution in [0.1, 0.15) is 29.3 Å². The van der Waals surface area contributed by atoms with Gasteiger partial charge in [-0.15, -0.1) is 0 Å². The SMILES string of the molecule is CCOC(=O)c1ccc(COc2ccc(N3C(=O)[C@@H]4[C@H](C3=O)[C@H]3C=C[C@H]4C3)cc2)cc1. The minimum atomic E-state index is -0.343. The predicted molar refractivity (Wildman–Crippen MR) is 113 cm³/mol. The smallest absolute Gasteiger partial charge is 0.338 e. The molecule has 0 unspecified atom stereocenters. The summed E-state index contributed by atoms with van der Waals surface area (Å²) in [5, 5.41) is 0. The molecule has 31 heavy (non-hydrogen) atoms. The number of hydrogen-bond acceptors (Lipinski definition) is 5. The van der Waals surface area contributed by atoms with Crippen LogP contribution in [0.5, 0.6) is 5.75 Å². The molecule has 1 aliphatic heterocycles. The average Bonchev–Trinajstić information content (AvgIpc) is 3.47. The molecule has 158 valence electrons. The van der Waals surface area contributed by atoms with Gasteiger partial charge in [0.05, 0.1) is 29.7 Å². The van der Waals surface area contributed by atoms with E-state index in [0.717, 1.165) is 12.0 Å². The van der Waals surface area contributed by atoms with Crippen molar-refractivity contribution in [3.63, 3.8) is 0 Å². The van der Waals surface area contributed by atoms with Crippen LogP contribution >= 0.6 is 0 Å². The summed E-state index contributed by atoms with van der Waals surface area (Å²) in [7, 11) is 0. The molecule has 1 heterocycles. The zero-order chi connectivity index (χ0) is 21.5. The summed E-state index contributed by atoms with van der Waals surface area (Å²) in [6.45, 7) is 2.45. The highest BCUT2D eigenvalue weighted by Crippen LogP contribution is 2.53. The Labute approximate surface area is 180 Å². The van der Waals surface area contributed by atoms with Crippen molar-refractivity contribution in [1.82, 2.24) is 0 Å². The van der Waals surface area contributed by atoms with E-state index >= 15 is 0 Å². The van der Waals surface area contributed by atoms with E-state index < -0.39 is 0 Å². The fourth-order valence-electron chi connectivity index (χ4n) is 4.97. The monoisotopic (exact) mass is 417 g/mol. The molecule has 6 heteroatoms. The molecule has 2 aliphatic carbocycles. The summed E-state index contributed by atoms with van der Waals surface area (Å²) in [6.07, 6.45) is 5.11. The third kappa shape index (κ3) is 3.32. The number of allylic oxidation sites excluding steroid dienone is 2. The lowest BCUT2D eigenvalue weighted by atomic mass is 9.85. The molecular formula is C25H23NO5. The lowest BCUT2D eigenvalue weighted by Crippen LogP contribution is -2.32. The summed E-state index contributed by atoms with van der Waals surface area (Å²) in [5.41, 5.74) is 2.01. The third-order valence-electron chi connectivity index (χ3n) is 6.44. The number of esters is 1. The Bertz CT molecular complexity index is 1030. The molecule has 0 spiro atoms. The van der Waals surface area contributed by atoms with Crippen LogP contribution in [-0.4, -0.2) is 24.4 Å². The number of ether oxygens (including phenoxy) is 2. The Kier molecular flexibility index (Phi) is 4.85. The van der Waals surface area contributed by atoms with E-state index in [4.69, 9.17) is 9.47 Å². The molecule has 1 saturated heterocycles. The molecule has 1 saturated carbocycles. The third-order valence-corrected chi connectivity index (χ3v) is 6.44. The zero-order valence-electron chi connectivity index (χ0n) is 17.2. The van der Waals surface area contributed by atoms with Crippen LogP contribution in [0.15, 0.2) is 60.7 Å². The average molecular weight is 417 g/mol. The maximum Gasteiger partial charge on any atom is 0.338 e. The van der Waals surface area contributed by atoms with Gasteiger partial charge in [0.2, 0.25) is 11.8 Å². The van der Waals surface area contributed by atoms with Crippen LogP contribution in [-0.2, 0) is 20.9 Å². The van der Waals surface area contributed by atoms with Crippen LogP contribution in [0.25, 0.3) is 0 Å². The Hall–Kier alpha value is -3.41. The number of anilines is 1. The molecule has 0 N–H and O–H groups in total. The van der Waals surface area contributed by atoms with Crippen molar-refractivity contribution in [2.75, 3.05) is 11.5 Å². The minimum absolute atomic E-state index is 0.0813. The van der Waals surface area contributed by atoms with Gasteiger partial charge in [0.15, 0.2) is 0 Å². The molecule has 2 bridgehead atoms. The molecule has 3 aliphatic rings. The summed E-state index contributed by atoms with van der Waals surface area (Å²) in [5.74, 6) is 0.142. The largest absolute Gasteiger partial charge is 0.489 e. The molecule has 2 fully saturated rings. The maximum absolute atomic E-state index is 12.9. The predicted octanol–water partition coefficient (Wildman–Crippen LogP) is 3.75. The van der Waals surface area contributed by atoms with Crippen molar-refractivity contribution < 1.29 is 23.9 Å². The minimum Gasteiger partial charge on any atom is -0.489 e. The van der Waals surface area contributed by atoms with Crippen molar-refractivity contribution >= 4 is 23.5 Å². The second-order valence-electron chi connectivity index (χ2n) is 8.21. The first-order valence-electron chi connectivity index (χ1n) is 10.6. The lowest BCUT2D eigenvalue weighted by Gasteiger charge is -2.17. The fourth-order valence-corrected chi connectivity index (χ4v) is 4.97. The van der Waals surface area contributed by atoms with Crippen LogP contribution < -0.4 is 9.64 Å². The number of fused-ring (bicyclic) bond motifs is 5. The number of carbonyl (C=O) groups excluding carboxylic acids is 3. The summed E-state index contributed by atoms with van der Waals surface area (Å²) in [6, 6.07) is 14.1. The molecule has 2 aromatic rings. The molecule has 6 nitrogen and oxygen atoms in total. The normalized spacial score (nSPS) is 25.8. The van der Waals surface area contributed by atoms with E-state index in [-0.39, 0.29) is 41.5 Å². The summed E-state index contributed by atoms with van der Waals surface area (Å²) in [4.78, 5) is 38.9. The number of hydrogen-bond donors (Lipinski definition) is 0. The van der Waals surface area contributed by atoms with Crippen LogP contribution in [0.4, 0.5) is 5.69 Å². The number of carbonyl (C=O) groups is 3. The van der Waals surface area contributed by atoms with E-state index in [0.29, 0.717) is 30.2 Å². The quantitative estimate of drug-likeness (QED) is 0.407. The van der Waals surface area contributed by atoms with Crippen molar-refractivity contribution in [3.8, 4) is 5.75 Å². The first kappa shape index (κ1) is 19.5.